The summed E-state index contributed by atoms with van der Waals surface area (Å²) in [5.41, 5.74) is 1.81. The van der Waals surface area contributed by atoms with Crippen molar-refractivity contribution in [1.82, 2.24) is 5.32 Å². The maximum atomic E-state index is 12.6. The molecule has 168 valence electrons. The topological polar surface area (TPSA) is 71.3 Å². The van der Waals surface area contributed by atoms with Crippen molar-refractivity contribution in [3.8, 4) is 17.6 Å². The molecule has 4 rings (SSSR count). The maximum absolute atomic E-state index is 12.6. The van der Waals surface area contributed by atoms with E-state index in [1.165, 1.54) is 0 Å². The number of benzene rings is 3. The Labute approximate surface area is 202 Å². The Morgan fingerprint density at radius 3 is 2.67 bits per heavy atom. The van der Waals surface area contributed by atoms with Crippen LogP contribution < -0.4 is 14.8 Å². The van der Waals surface area contributed by atoms with Crippen LogP contribution in [0.3, 0.4) is 0 Å². The van der Waals surface area contributed by atoms with Gasteiger partial charge in [0.1, 0.15) is 18.2 Å². The van der Waals surface area contributed by atoms with Crippen molar-refractivity contribution < 1.29 is 14.3 Å². The number of carbonyl (C=O) groups is 1. The number of nitrogens with one attached hydrogen (secondary N) is 1. The van der Waals surface area contributed by atoms with Crippen LogP contribution in [-0.2, 0) is 11.4 Å². The van der Waals surface area contributed by atoms with E-state index in [0.717, 1.165) is 42.0 Å². The van der Waals surface area contributed by atoms with E-state index < -0.39 is 0 Å². The predicted octanol–water partition coefficient (Wildman–Crippen LogP) is 6.16. The number of rotatable bonds is 7. The molecule has 6 heteroatoms. The van der Waals surface area contributed by atoms with Gasteiger partial charge in [0.15, 0.2) is 11.5 Å². The maximum Gasteiger partial charge on any atom is 0.262 e. The Bertz CT molecular complexity index is 1230. The van der Waals surface area contributed by atoms with E-state index in [-0.39, 0.29) is 17.5 Å². The first-order valence-electron chi connectivity index (χ1n) is 11.0. The molecule has 0 aromatic heterocycles. The summed E-state index contributed by atoms with van der Waals surface area (Å²) in [4.78, 5) is 12.6. The highest BCUT2D eigenvalue weighted by Gasteiger charge is 2.20. The molecule has 1 amide bonds. The van der Waals surface area contributed by atoms with Crippen LogP contribution in [-0.4, -0.2) is 19.1 Å². The molecule has 0 atom stereocenters. The van der Waals surface area contributed by atoms with Crippen molar-refractivity contribution in [2.45, 2.75) is 38.3 Å². The van der Waals surface area contributed by atoms with Crippen LogP contribution in [0, 0.1) is 11.3 Å². The fourth-order valence-electron chi connectivity index (χ4n) is 4.15. The predicted molar refractivity (Wildman–Crippen MR) is 133 cm³/mol. The summed E-state index contributed by atoms with van der Waals surface area (Å²) in [6.45, 7) is 0.382. The van der Waals surface area contributed by atoms with Gasteiger partial charge in [-0.15, -0.1) is 0 Å². The zero-order valence-electron chi connectivity index (χ0n) is 18.4. The molecule has 1 aliphatic rings. The third-order valence-electron chi connectivity index (χ3n) is 5.90. The zero-order chi connectivity index (χ0) is 23.2. The number of amides is 1. The third-order valence-corrected chi connectivity index (χ3v) is 6.59. The van der Waals surface area contributed by atoms with Gasteiger partial charge in [-0.1, -0.05) is 71.2 Å². The monoisotopic (exact) mass is 504 g/mol. The molecule has 3 aromatic rings. The molecule has 1 saturated carbocycles. The van der Waals surface area contributed by atoms with Gasteiger partial charge in [0, 0.05) is 10.5 Å². The molecule has 0 radical (unpaired) electrons. The van der Waals surface area contributed by atoms with Crippen molar-refractivity contribution in [1.29, 1.82) is 5.26 Å². The first-order valence-corrected chi connectivity index (χ1v) is 11.8. The second-order valence-corrected chi connectivity index (χ2v) is 8.93. The highest BCUT2D eigenvalue weighted by Crippen LogP contribution is 2.35. The number of nitriles is 1. The minimum atomic E-state index is -0.341. The number of ether oxygens (including phenoxy) is 2. The van der Waals surface area contributed by atoms with Crippen molar-refractivity contribution in [2.24, 2.45) is 0 Å². The molecule has 0 spiro atoms. The van der Waals surface area contributed by atoms with Crippen molar-refractivity contribution in [3.05, 3.63) is 75.8 Å². The van der Waals surface area contributed by atoms with Gasteiger partial charge < -0.3 is 14.8 Å². The standard InChI is InChI=1S/C27H25BrN2O3/c1-32-25-14-20(13-21(16-29)27(31)30-22-10-3-4-11-22)24(28)15-26(25)33-17-19-9-6-8-18-7-2-5-12-23(18)19/h2,5-9,12-15,22H,3-4,10-11,17H2,1H3,(H,30,31)/b21-13-. The van der Waals surface area contributed by atoms with E-state index in [4.69, 9.17) is 9.47 Å². The molecule has 1 fully saturated rings. The summed E-state index contributed by atoms with van der Waals surface area (Å²) in [6, 6.07) is 20.1. The molecule has 1 N–H and O–H groups in total. The first kappa shape index (κ1) is 22.9. The first-order chi connectivity index (χ1) is 16.1. The molecule has 0 heterocycles. The number of halogens is 1. The molecule has 33 heavy (non-hydrogen) atoms. The fourth-order valence-corrected chi connectivity index (χ4v) is 4.58. The molecule has 0 aliphatic heterocycles. The van der Waals surface area contributed by atoms with E-state index in [2.05, 4.69) is 39.4 Å². The molecule has 0 bridgehead atoms. The van der Waals surface area contributed by atoms with Crippen LogP contribution in [0.25, 0.3) is 16.8 Å². The number of hydrogen-bond donors (Lipinski definition) is 1. The Balaban J connectivity index is 1.55. The lowest BCUT2D eigenvalue weighted by Crippen LogP contribution is -2.33. The summed E-state index contributed by atoms with van der Waals surface area (Å²) >= 11 is 3.55. The minimum Gasteiger partial charge on any atom is -0.493 e. The normalized spacial score (nSPS) is 14.2. The van der Waals surface area contributed by atoms with Gasteiger partial charge in [-0.05, 0) is 52.9 Å². The summed E-state index contributed by atoms with van der Waals surface area (Å²) in [6.07, 6.45) is 5.72. The quantitative estimate of drug-likeness (QED) is 0.309. The summed E-state index contributed by atoms with van der Waals surface area (Å²) < 4.78 is 12.4. The van der Waals surface area contributed by atoms with Gasteiger partial charge in [-0.25, -0.2) is 0 Å². The van der Waals surface area contributed by atoms with Crippen molar-refractivity contribution in [2.75, 3.05) is 7.11 Å². The number of methoxy groups -OCH3 is 1. The van der Waals surface area contributed by atoms with Gasteiger partial charge in [0.05, 0.1) is 7.11 Å². The third kappa shape index (κ3) is 5.37. The number of hydrogen-bond acceptors (Lipinski definition) is 4. The van der Waals surface area contributed by atoms with Crippen LogP contribution in [0.15, 0.2) is 64.6 Å². The smallest absolute Gasteiger partial charge is 0.262 e. The Hall–Kier alpha value is -3.30. The van der Waals surface area contributed by atoms with E-state index in [1.54, 1.807) is 25.3 Å². The second kappa shape index (κ2) is 10.5. The lowest BCUT2D eigenvalue weighted by atomic mass is 10.1. The highest BCUT2D eigenvalue weighted by atomic mass is 79.9. The Kier molecular flexibility index (Phi) is 7.31. The van der Waals surface area contributed by atoms with E-state index in [1.807, 2.05) is 30.3 Å². The average Bonchev–Trinajstić information content (AvgIpc) is 3.35. The molecular formula is C27H25BrN2O3. The molecule has 3 aromatic carbocycles. The number of nitrogens with zero attached hydrogens (tertiary/aromatic N) is 1. The lowest BCUT2D eigenvalue weighted by molar-refractivity contribution is -0.117. The summed E-state index contributed by atoms with van der Waals surface area (Å²) in [5.74, 6) is 0.758. The second-order valence-electron chi connectivity index (χ2n) is 8.08. The van der Waals surface area contributed by atoms with E-state index >= 15 is 0 Å². The lowest BCUT2D eigenvalue weighted by Gasteiger charge is -2.14. The van der Waals surface area contributed by atoms with Crippen LogP contribution in [0.5, 0.6) is 11.5 Å². The Morgan fingerprint density at radius 1 is 1.15 bits per heavy atom. The molecule has 5 nitrogen and oxygen atoms in total. The van der Waals surface area contributed by atoms with Gasteiger partial charge in [0.2, 0.25) is 0 Å². The highest BCUT2D eigenvalue weighted by molar-refractivity contribution is 9.10. The van der Waals surface area contributed by atoms with E-state index in [0.29, 0.717) is 28.1 Å². The average molecular weight is 505 g/mol. The molecule has 0 saturated heterocycles. The molecule has 1 aliphatic carbocycles. The van der Waals surface area contributed by atoms with E-state index in [9.17, 15) is 10.1 Å². The van der Waals surface area contributed by atoms with Crippen LogP contribution >= 0.6 is 15.9 Å². The van der Waals surface area contributed by atoms with Crippen LogP contribution in [0.1, 0.15) is 36.8 Å². The largest absolute Gasteiger partial charge is 0.493 e. The Morgan fingerprint density at radius 2 is 1.91 bits per heavy atom. The molecule has 0 unspecified atom stereocenters. The van der Waals surface area contributed by atoms with Crippen molar-refractivity contribution in [3.63, 3.8) is 0 Å². The van der Waals surface area contributed by atoms with Gasteiger partial charge in [0.25, 0.3) is 5.91 Å². The summed E-state index contributed by atoms with van der Waals surface area (Å²) in [7, 11) is 1.57. The van der Waals surface area contributed by atoms with Gasteiger partial charge in [-0.3, -0.25) is 4.79 Å². The van der Waals surface area contributed by atoms with Gasteiger partial charge in [-0.2, -0.15) is 5.26 Å². The number of fused-ring (bicyclic) bond motifs is 1. The number of carbonyl (C=O) groups excluding carboxylic acids is 1. The minimum absolute atomic E-state index is 0.0640. The SMILES string of the molecule is COc1cc(/C=C(/C#N)C(=O)NC2CCCC2)c(Br)cc1OCc1cccc2ccccc12. The van der Waals surface area contributed by atoms with Crippen molar-refractivity contribution >= 4 is 38.7 Å². The van der Waals surface area contributed by atoms with Gasteiger partial charge >= 0.3 is 0 Å². The molecular weight excluding hydrogens is 480 g/mol. The van der Waals surface area contributed by atoms with Crippen LogP contribution in [0.4, 0.5) is 0 Å². The van der Waals surface area contributed by atoms with Crippen LogP contribution in [0.2, 0.25) is 0 Å². The summed E-state index contributed by atoms with van der Waals surface area (Å²) in [5, 5.41) is 14.8. The fraction of sp³-hybridized carbons (Fsp3) is 0.259. The zero-order valence-corrected chi connectivity index (χ0v) is 20.0.